The average molecular weight is 385 g/mol. The summed E-state index contributed by atoms with van der Waals surface area (Å²) in [5.74, 6) is 1.37. The fraction of sp³-hybridized carbons (Fsp3) is 0.556. The number of alkyl halides is 1. The van der Waals surface area contributed by atoms with Gasteiger partial charge in [-0.3, -0.25) is 4.79 Å². The Labute approximate surface area is 158 Å². The third-order valence-electron chi connectivity index (χ3n) is 3.98. The predicted molar refractivity (Wildman–Crippen MR) is 97.9 cm³/mol. The Bertz CT molecular complexity index is 591. The van der Waals surface area contributed by atoms with Gasteiger partial charge in [0.1, 0.15) is 6.61 Å². The van der Waals surface area contributed by atoms with Gasteiger partial charge in [-0.2, -0.15) is 0 Å². The predicted octanol–water partition coefficient (Wildman–Crippen LogP) is 2.42. The third-order valence-corrected chi connectivity index (χ3v) is 4.13. The number of rotatable bonds is 8. The lowest BCUT2D eigenvalue weighted by Crippen LogP contribution is -2.47. The Kier molecular flexibility index (Phi) is 8.34. The number of nitrogens with one attached hydrogen (secondary N) is 1. The third kappa shape index (κ3) is 6.29. The van der Waals surface area contributed by atoms with Gasteiger partial charge in [-0.05, 0) is 31.9 Å². The molecule has 1 heterocycles. The molecule has 0 aliphatic carbocycles. The van der Waals surface area contributed by atoms with Gasteiger partial charge in [-0.15, -0.1) is 11.6 Å². The van der Waals surface area contributed by atoms with E-state index < -0.39 is 6.09 Å². The number of para-hydroxylation sites is 2. The van der Waals surface area contributed by atoms with Crippen molar-refractivity contribution in [3.8, 4) is 11.5 Å². The molecule has 144 valence electrons. The van der Waals surface area contributed by atoms with Crippen LogP contribution in [0.25, 0.3) is 0 Å². The number of carbonyl (C=O) groups excluding carboxylic acids is 2. The minimum Gasteiger partial charge on any atom is -0.490 e. The highest BCUT2D eigenvalue weighted by Gasteiger charge is 2.24. The number of piperidine rings is 1. The van der Waals surface area contributed by atoms with E-state index in [0.29, 0.717) is 44.0 Å². The maximum absolute atomic E-state index is 12.3. The second kappa shape index (κ2) is 10.8. The molecule has 0 saturated carbocycles. The first-order valence-electron chi connectivity index (χ1n) is 8.75. The number of benzene rings is 1. The molecule has 7 nitrogen and oxygen atoms in total. The van der Waals surface area contributed by atoms with E-state index in [1.54, 1.807) is 11.0 Å². The largest absolute Gasteiger partial charge is 0.490 e. The van der Waals surface area contributed by atoms with Gasteiger partial charge in [-0.1, -0.05) is 12.1 Å². The van der Waals surface area contributed by atoms with E-state index in [1.807, 2.05) is 25.1 Å². The monoisotopic (exact) mass is 384 g/mol. The Morgan fingerprint density at radius 2 is 1.85 bits per heavy atom. The van der Waals surface area contributed by atoms with Gasteiger partial charge in [0.05, 0.1) is 12.5 Å². The van der Waals surface area contributed by atoms with Crippen molar-refractivity contribution >= 4 is 23.6 Å². The number of hydrogen-bond donors (Lipinski definition) is 1. The van der Waals surface area contributed by atoms with E-state index in [4.69, 9.17) is 25.8 Å². The molecule has 1 aliphatic rings. The molecule has 1 aliphatic heterocycles. The van der Waals surface area contributed by atoms with Gasteiger partial charge < -0.3 is 24.4 Å². The maximum atomic E-state index is 12.3. The van der Waals surface area contributed by atoms with Crippen molar-refractivity contribution in [1.82, 2.24) is 10.2 Å². The van der Waals surface area contributed by atoms with Crippen LogP contribution in [0.15, 0.2) is 24.3 Å². The summed E-state index contributed by atoms with van der Waals surface area (Å²) in [7, 11) is 0. The van der Waals surface area contributed by atoms with Crippen LogP contribution in [0.5, 0.6) is 11.5 Å². The normalized spacial score (nSPS) is 14.6. The molecule has 1 saturated heterocycles. The molecule has 1 aromatic carbocycles. The second-order valence-corrected chi connectivity index (χ2v) is 6.17. The van der Waals surface area contributed by atoms with Crippen molar-refractivity contribution in [2.45, 2.75) is 25.8 Å². The summed E-state index contributed by atoms with van der Waals surface area (Å²) >= 11 is 5.47. The lowest BCUT2D eigenvalue weighted by molar-refractivity contribution is -0.134. The van der Waals surface area contributed by atoms with E-state index in [2.05, 4.69) is 5.32 Å². The molecule has 26 heavy (non-hydrogen) atoms. The zero-order valence-corrected chi connectivity index (χ0v) is 15.7. The van der Waals surface area contributed by atoms with Crippen molar-refractivity contribution in [2.24, 2.45) is 0 Å². The molecule has 0 unspecified atom stereocenters. The zero-order valence-electron chi connectivity index (χ0n) is 14.9. The fourth-order valence-corrected chi connectivity index (χ4v) is 2.76. The van der Waals surface area contributed by atoms with Crippen LogP contribution in [0.3, 0.4) is 0 Å². The van der Waals surface area contributed by atoms with Crippen LogP contribution in [-0.2, 0) is 9.53 Å². The summed E-state index contributed by atoms with van der Waals surface area (Å²) in [5.41, 5.74) is 0. The van der Waals surface area contributed by atoms with Crippen molar-refractivity contribution in [3.63, 3.8) is 0 Å². The highest BCUT2D eigenvalue weighted by molar-refractivity contribution is 6.18. The number of halogens is 1. The molecule has 2 rings (SSSR count). The first-order chi connectivity index (χ1) is 12.6. The van der Waals surface area contributed by atoms with Gasteiger partial charge in [0.15, 0.2) is 18.1 Å². The Hall–Kier alpha value is -2.15. The van der Waals surface area contributed by atoms with E-state index >= 15 is 0 Å². The standard InChI is InChI=1S/C18H25ClN2O5/c1-2-24-15-5-3-4-6-16(15)26-13-17(22)21-10-7-14(8-11-21)20-18(23)25-12-9-19/h3-6,14H,2,7-13H2,1H3,(H,20,23). The van der Waals surface area contributed by atoms with Crippen LogP contribution in [0.2, 0.25) is 0 Å². The Balaban J connectivity index is 1.74. The molecule has 0 spiro atoms. The van der Waals surface area contributed by atoms with Crippen LogP contribution in [-0.4, -0.2) is 61.7 Å². The van der Waals surface area contributed by atoms with Crippen LogP contribution < -0.4 is 14.8 Å². The molecule has 2 amide bonds. The van der Waals surface area contributed by atoms with Crippen LogP contribution in [0.4, 0.5) is 4.79 Å². The Morgan fingerprint density at radius 1 is 1.19 bits per heavy atom. The fourth-order valence-electron chi connectivity index (χ4n) is 2.69. The lowest BCUT2D eigenvalue weighted by atomic mass is 10.1. The summed E-state index contributed by atoms with van der Waals surface area (Å²) in [6, 6.07) is 7.28. The molecule has 0 radical (unpaired) electrons. The quantitative estimate of drug-likeness (QED) is 0.696. The SMILES string of the molecule is CCOc1ccccc1OCC(=O)N1CCC(NC(=O)OCCCl)CC1. The van der Waals surface area contributed by atoms with Crippen molar-refractivity contribution in [2.75, 3.05) is 38.8 Å². The number of carbonyl (C=O) groups is 2. The summed E-state index contributed by atoms with van der Waals surface area (Å²) < 4.78 is 16.0. The number of ether oxygens (including phenoxy) is 3. The number of nitrogens with zero attached hydrogens (tertiary/aromatic N) is 1. The van der Waals surface area contributed by atoms with E-state index in [0.717, 1.165) is 0 Å². The summed E-state index contributed by atoms with van der Waals surface area (Å²) in [6.45, 7) is 3.70. The maximum Gasteiger partial charge on any atom is 0.407 e. The van der Waals surface area contributed by atoms with Crippen LogP contribution >= 0.6 is 11.6 Å². The molecule has 8 heteroatoms. The lowest BCUT2D eigenvalue weighted by Gasteiger charge is -2.32. The molecular formula is C18H25ClN2O5. The molecule has 0 atom stereocenters. The van der Waals surface area contributed by atoms with Gasteiger partial charge in [0.25, 0.3) is 5.91 Å². The van der Waals surface area contributed by atoms with Crippen molar-refractivity contribution in [1.29, 1.82) is 0 Å². The van der Waals surface area contributed by atoms with Crippen molar-refractivity contribution < 1.29 is 23.8 Å². The first kappa shape index (κ1) is 20.2. The number of likely N-dealkylation sites (tertiary alicyclic amines) is 1. The highest BCUT2D eigenvalue weighted by Crippen LogP contribution is 2.26. The second-order valence-electron chi connectivity index (χ2n) is 5.79. The Morgan fingerprint density at radius 3 is 2.46 bits per heavy atom. The van der Waals surface area contributed by atoms with Crippen LogP contribution in [0, 0.1) is 0 Å². The van der Waals surface area contributed by atoms with E-state index in [1.165, 1.54) is 0 Å². The molecule has 1 N–H and O–H groups in total. The molecule has 0 aromatic heterocycles. The topological polar surface area (TPSA) is 77.1 Å². The van der Waals surface area contributed by atoms with Gasteiger partial charge in [-0.25, -0.2) is 4.79 Å². The molecule has 1 aromatic rings. The zero-order chi connectivity index (χ0) is 18.8. The van der Waals surface area contributed by atoms with Crippen molar-refractivity contribution in [3.05, 3.63) is 24.3 Å². The summed E-state index contributed by atoms with van der Waals surface area (Å²) in [6.07, 6.45) is 0.889. The summed E-state index contributed by atoms with van der Waals surface area (Å²) in [5, 5.41) is 2.79. The smallest absolute Gasteiger partial charge is 0.407 e. The van der Waals surface area contributed by atoms with Gasteiger partial charge in [0.2, 0.25) is 0 Å². The van der Waals surface area contributed by atoms with E-state index in [-0.39, 0.29) is 31.0 Å². The van der Waals surface area contributed by atoms with Gasteiger partial charge in [0, 0.05) is 19.1 Å². The number of amides is 2. The minimum absolute atomic E-state index is 0.00136. The summed E-state index contributed by atoms with van der Waals surface area (Å²) in [4.78, 5) is 25.6. The molecule has 0 bridgehead atoms. The first-order valence-corrected chi connectivity index (χ1v) is 9.29. The number of hydrogen-bond acceptors (Lipinski definition) is 5. The van der Waals surface area contributed by atoms with Gasteiger partial charge >= 0.3 is 6.09 Å². The number of alkyl carbamates (subject to hydrolysis) is 1. The highest BCUT2D eigenvalue weighted by atomic mass is 35.5. The minimum atomic E-state index is -0.466. The molecular weight excluding hydrogens is 360 g/mol. The van der Waals surface area contributed by atoms with E-state index in [9.17, 15) is 9.59 Å². The van der Waals surface area contributed by atoms with Crippen LogP contribution in [0.1, 0.15) is 19.8 Å². The molecule has 1 fully saturated rings. The average Bonchev–Trinajstić information content (AvgIpc) is 2.66.